The molecule has 1 amide bonds. The molecular formula is C23H22ClNO6. The summed E-state index contributed by atoms with van der Waals surface area (Å²) >= 11 is 5.93. The lowest BCUT2D eigenvalue weighted by atomic mass is 9.95. The number of hydrogen-bond acceptors (Lipinski definition) is 6. The standard InChI is InChI=1S/C23H22ClNO6/c1-14(26)31-18-6-3-5-16(13-18)20-19(21(27)15-7-9-17(24)10-8-15)22(28)23(29)25(20)11-4-12-30-2/h3,5-10,13,20,27H,4,11-12H2,1-2H3/b21-19-. The maximum atomic E-state index is 12.9. The fourth-order valence-corrected chi connectivity index (χ4v) is 3.64. The highest BCUT2D eigenvalue weighted by Gasteiger charge is 2.45. The van der Waals surface area contributed by atoms with Gasteiger partial charge in [-0.05, 0) is 48.4 Å². The summed E-state index contributed by atoms with van der Waals surface area (Å²) in [5, 5.41) is 11.4. The largest absolute Gasteiger partial charge is 0.507 e. The van der Waals surface area contributed by atoms with E-state index in [1.165, 1.54) is 11.8 Å². The highest BCUT2D eigenvalue weighted by atomic mass is 35.5. The highest BCUT2D eigenvalue weighted by molar-refractivity contribution is 6.46. The molecule has 0 bridgehead atoms. The molecule has 0 aliphatic carbocycles. The molecule has 8 heteroatoms. The molecule has 1 saturated heterocycles. The zero-order valence-electron chi connectivity index (χ0n) is 17.1. The molecule has 0 radical (unpaired) electrons. The van der Waals surface area contributed by atoms with Crippen LogP contribution in [-0.4, -0.2) is 47.9 Å². The number of carbonyl (C=O) groups is 3. The maximum absolute atomic E-state index is 12.9. The van der Waals surface area contributed by atoms with E-state index in [0.717, 1.165) is 0 Å². The molecule has 1 N–H and O–H groups in total. The molecular weight excluding hydrogens is 422 g/mol. The van der Waals surface area contributed by atoms with Gasteiger partial charge in [0.25, 0.3) is 11.7 Å². The number of halogens is 1. The number of ether oxygens (including phenoxy) is 2. The minimum atomic E-state index is -0.844. The molecule has 3 rings (SSSR count). The number of methoxy groups -OCH3 is 1. The number of benzene rings is 2. The Balaban J connectivity index is 2.12. The van der Waals surface area contributed by atoms with Gasteiger partial charge < -0.3 is 19.5 Å². The Morgan fingerprint density at radius 2 is 1.87 bits per heavy atom. The van der Waals surface area contributed by atoms with Gasteiger partial charge in [0.05, 0.1) is 11.6 Å². The van der Waals surface area contributed by atoms with Crippen molar-refractivity contribution in [1.82, 2.24) is 4.90 Å². The van der Waals surface area contributed by atoms with Crippen LogP contribution in [0.4, 0.5) is 0 Å². The van der Waals surface area contributed by atoms with E-state index in [9.17, 15) is 19.5 Å². The number of likely N-dealkylation sites (tertiary alicyclic amines) is 1. The second-order valence-electron chi connectivity index (χ2n) is 7.01. The number of rotatable bonds is 7. The number of hydrogen-bond donors (Lipinski definition) is 1. The van der Waals surface area contributed by atoms with Gasteiger partial charge in [-0.3, -0.25) is 14.4 Å². The Kier molecular flexibility index (Phi) is 7.09. The van der Waals surface area contributed by atoms with E-state index in [0.29, 0.717) is 29.2 Å². The smallest absolute Gasteiger partial charge is 0.308 e. The zero-order chi connectivity index (χ0) is 22.5. The third-order valence-electron chi connectivity index (χ3n) is 4.84. The average Bonchev–Trinajstić information content (AvgIpc) is 2.99. The Bertz CT molecular complexity index is 1030. The fourth-order valence-electron chi connectivity index (χ4n) is 3.51. The first-order chi connectivity index (χ1) is 14.8. The number of Topliss-reactive ketones (excluding diaryl/α,β-unsaturated/α-hetero) is 1. The fraction of sp³-hybridized carbons (Fsp3) is 0.261. The minimum absolute atomic E-state index is 0.0373. The number of esters is 1. The monoisotopic (exact) mass is 443 g/mol. The summed E-state index contributed by atoms with van der Waals surface area (Å²) in [6.45, 7) is 1.93. The first-order valence-electron chi connectivity index (χ1n) is 9.65. The Labute approximate surface area is 184 Å². The van der Waals surface area contributed by atoms with Crippen LogP contribution in [0.5, 0.6) is 5.75 Å². The van der Waals surface area contributed by atoms with E-state index in [1.54, 1.807) is 55.6 Å². The van der Waals surface area contributed by atoms with Gasteiger partial charge in [-0.25, -0.2) is 0 Å². The second kappa shape index (κ2) is 9.76. The Morgan fingerprint density at radius 1 is 1.16 bits per heavy atom. The first kappa shape index (κ1) is 22.5. The van der Waals surface area contributed by atoms with Crippen LogP contribution in [0.15, 0.2) is 54.1 Å². The van der Waals surface area contributed by atoms with Crippen molar-refractivity contribution in [3.05, 3.63) is 70.3 Å². The van der Waals surface area contributed by atoms with Gasteiger partial charge in [-0.2, -0.15) is 0 Å². The van der Waals surface area contributed by atoms with Crippen molar-refractivity contribution in [2.45, 2.75) is 19.4 Å². The molecule has 1 atom stereocenters. The molecule has 1 aliphatic rings. The van der Waals surface area contributed by atoms with Crippen LogP contribution in [0.25, 0.3) is 5.76 Å². The van der Waals surface area contributed by atoms with Crippen molar-refractivity contribution < 1.29 is 29.0 Å². The van der Waals surface area contributed by atoms with Gasteiger partial charge in [0.15, 0.2) is 0 Å². The van der Waals surface area contributed by atoms with Crippen molar-refractivity contribution >= 4 is 35.0 Å². The van der Waals surface area contributed by atoms with E-state index in [1.807, 2.05) is 0 Å². The highest BCUT2D eigenvalue weighted by Crippen LogP contribution is 2.40. The Hall–Kier alpha value is -3.16. The average molecular weight is 444 g/mol. The van der Waals surface area contributed by atoms with E-state index in [-0.39, 0.29) is 23.6 Å². The summed E-state index contributed by atoms with van der Waals surface area (Å²) < 4.78 is 10.2. The maximum Gasteiger partial charge on any atom is 0.308 e. The van der Waals surface area contributed by atoms with Gasteiger partial charge in [0, 0.05) is 37.8 Å². The van der Waals surface area contributed by atoms with Crippen LogP contribution in [0.3, 0.4) is 0 Å². The number of amides is 1. The summed E-state index contributed by atoms with van der Waals surface area (Å²) in [7, 11) is 1.55. The van der Waals surface area contributed by atoms with Crippen molar-refractivity contribution in [3.63, 3.8) is 0 Å². The van der Waals surface area contributed by atoms with Crippen LogP contribution in [0.1, 0.15) is 30.5 Å². The van der Waals surface area contributed by atoms with Crippen LogP contribution < -0.4 is 4.74 Å². The van der Waals surface area contributed by atoms with Crippen LogP contribution >= 0.6 is 11.6 Å². The molecule has 2 aromatic carbocycles. The number of aliphatic hydroxyl groups excluding tert-OH is 1. The molecule has 162 valence electrons. The number of ketones is 1. The van der Waals surface area contributed by atoms with E-state index in [2.05, 4.69) is 0 Å². The van der Waals surface area contributed by atoms with Gasteiger partial charge >= 0.3 is 5.97 Å². The van der Waals surface area contributed by atoms with Crippen LogP contribution in [0.2, 0.25) is 5.02 Å². The van der Waals surface area contributed by atoms with Crippen molar-refractivity contribution in [1.29, 1.82) is 0 Å². The number of carbonyl (C=O) groups excluding carboxylic acids is 3. The molecule has 0 saturated carbocycles. The van der Waals surface area contributed by atoms with Crippen molar-refractivity contribution in [2.24, 2.45) is 0 Å². The lowest BCUT2D eigenvalue weighted by Crippen LogP contribution is -2.31. The summed E-state index contributed by atoms with van der Waals surface area (Å²) in [6, 6.07) is 12.0. The van der Waals surface area contributed by atoms with Gasteiger partial charge in [-0.1, -0.05) is 23.7 Å². The molecule has 2 aromatic rings. The van der Waals surface area contributed by atoms with Crippen molar-refractivity contribution in [2.75, 3.05) is 20.3 Å². The van der Waals surface area contributed by atoms with Crippen LogP contribution in [0, 0.1) is 0 Å². The third-order valence-corrected chi connectivity index (χ3v) is 5.09. The molecule has 1 aliphatic heterocycles. The number of nitrogens with zero attached hydrogens (tertiary/aromatic N) is 1. The van der Waals surface area contributed by atoms with Crippen LogP contribution in [-0.2, 0) is 19.1 Å². The zero-order valence-corrected chi connectivity index (χ0v) is 17.9. The number of aliphatic hydroxyl groups is 1. The quantitative estimate of drug-likeness (QED) is 0.175. The first-order valence-corrected chi connectivity index (χ1v) is 10.0. The summed E-state index contributed by atoms with van der Waals surface area (Å²) in [5.41, 5.74) is 0.857. The van der Waals surface area contributed by atoms with E-state index in [4.69, 9.17) is 21.1 Å². The van der Waals surface area contributed by atoms with Gasteiger partial charge in [0.2, 0.25) is 0 Å². The summed E-state index contributed by atoms with van der Waals surface area (Å²) in [5.74, 6) is -2.01. The predicted octanol–water partition coefficient (Wildman–Crippen LogP) is 3.72. The molecule has 0 aromatic heterocycles. The molecule has 1 heterocycles. The lowest BCUT2D eigenvalue weighted by molar-refractivity contribution is -0.140. The minimum Gasteiger partial charge on any atom is -0.507 e. The van der Waals surface area contributed by atoms with Gasteiger partial charge in [0.1, 0.15) is 11.5 Å². The molecule has 0 spiro atoms. The molecule has 1 fully saturated rings. The van der Waals surface area contributed by atoms with Crippen molar-refractivity contribution in [3.8, 4) is 5.75 Å². The third kappa shape index (κ3) is 4.95. The predicted molar refractivity (Wildman–Crippen MR) is 115 cm³/mol. The second-order valence-corrected chi connectivity index (χ2v) is 7.45. The van der Waals surface area contributed by atoms with E-state index >= 15 is 0 Å². The SMILES string of the molecule is COCCCN1C(=O)C(=O)/C(=C(\O)c2ccc(Cl)cc2)C1c1cccc(OC(C)=O)c1. The Morgan fingerprint density at radius 3 is 2.52 bits per heavy atom. The summed E-state index contributed by atoms with van der Waals surface area (Å²) in [4.78, 5) is 38.5. The molecule has 31 heavy (non-hydrogen) atoms. The normalized spacial score (nSPS) is 17.8. The van der Waals surface area contributed by atoms with E-state index < -0.39 is 23.7 Å². The van der Waals surface area contributed by atoms with Gasteiger partial charge in [-0.15, -0.1) is 0 Å². The summed E-state index contributed by atoms with van der Waals surface area (Å²) in [6.07, 6.45) is 0.505. The lowest BCUT2D eigenvalue weighted by Gasteiger charge is -2.25. The molecule has 7 nitrogen and oxygen atoms in total. The molecule has 1 unspecified atom stereocenters. The topological polar surface area (TPSA) is 93.1 Å².